The summed E-state index contributed by atoms with van der Waals surface area (Å²) in [4.78, 5) is 23.9. The maximum Gasteiger partial charge on any atom is 0.246 e. The number of carbonyl (C=O) groups excluding carboxylic acids is 1. The molecule has 0 bridgehead atoms. The number of amides is 1. The van der Waals surface area contributed by atoms with E-state index in [1.54, 1.807) is 15.8 Å². The number of halogens is 1. The topological polar surface area (TPSA) is 69.0 Å². The Labute approximate surface area is 207 Å². The number of nitrogens with one attached hydrogen (secondary N) is 1. The molecule has 2 aliphatic heterocycles. The summed E-state index contributed by atoms with van der Waals surface area (Å²) in [5, 5.41) is 7.54. The molecule has 1 saturated heterocycles. The van der Waals surface area contributed by atoms with Crippen LogP contribution in [0, 0.1) is 0 Å². The Morgan fingerprint density at radius 3 is 2.69 bits per heavy atom. The molecule has 2 aromatic rings. The Morgan fingerprint density at radius 1 is 1.16 bits per heavy atom. The molecule has 0 radical (unpaired) electrons. The van der Waals surface area contributed by atoms with Gasteiger partial charge in [-0.15, -0.1) is 24.0 Å². The largest absolute Gasteiger partial charge is 0.357 e. The average Bonchev–Trinajstić information content (AvgIpc) is 3.21. The zero-order valence-electron chi connectivity index (χ0n) is 19.0. The van der Waals surface area contributed by atoms with E-state index in [4.69, 9.17) is 4.99 Å². The molecule has 32 heavy (non-hydrogen) atoms. The minimum Gasteiger partial charge on any atom is -0.357 e. The summed E-state index contributed by atoms with van der Waals surface area (Å²) in [6.45, 7) is 8.55. The van der Waals surface area contributed by atoms with E-state index in [-0.39, 0.29) is 29.9 Å². The average molecular weight is 551 g/mol. The number of guanidine groups is 1. The highest BCUT2D eigenvalue weighted by Crippen LogP contribution is 2.19. The monoisotopic (exact) mass is 551 g/mol. The lowest BCUT2D eigenvalue weighted by Crippen LogP contribution is -2.55. The van der Waals surface area contributed by atoms with Gasteiger partial charge in [-0.05, 0) is 30.9 Å². The minimum atomic E-state index is 0. The molecule has 8 nitrogen and oxygen atoms in total. The van der Waals surface area contributed by atoms with E-state index >= 15 is 0 Å². The molecule has 1 amide bonds. The van der Waals surface area contributed by atoms with Crippen molar-refractivity contribution in [3.8, 4) is 0 Å². The molecule has 0 spiro atoms. The Kier molecular flexibility index (Phi) is 8.92. The van der Waals surface area contributed by atoms with Crippen LogP contribution in [-0.4, -0.2) is 77.3 Å². The highest BCUT2D eigenvalue weighted by Gasteiger charge is 2.27. The maximum absolute atomic E-state index is 12.7. The minimum absolute atomic E-state index is 0. The number of benzene rings is 1. The zero-order chi connectivity index (χ0) is 21.6. The van der Waals surface area contributed by atoms with E-state index in [2.05, 4.69) is 51.4 Å². The van der Waals surface area contributed by atoms with Crippen molar-refractivity contribution < 1.29 is 4.79 Å². The highest BCUT2D eigenvalue weighted by molar-refractivity contribution is 14.0. The number of aryl methyl sites for hydroxylation is 1. The number of hydrogen-bond donors (Lipinski definition) is 1. The number of aliphatic imine (C=N–C) groups is 1. The van der Waals surface area contributed by atoms with Crippen LogP contribution in [0.15, 0.2) is 41.7 Å². The normalized spacial score (nSPS) is 17.2. The summed E-state index contributed by atoms with van der Waals surface area (Å²) in [6, 6.07) is 8.75. The molecule has 0 unspecified atom stereocenters. The summed E-state index contributed by atoms with van der Waals surface area (Å²) >= 11 is 0. The van der Waals surface area contributed by atoms with Gasteiger partial charge >= 0.3 is 0 Å². The second kappa shape index (κ2) is 11.6. The van der Waals surface area contributed by atoms with Gasteiger partial charge in [0.15, 0.2) is 5.96 Å². The number of fused-ring (bicyclic) bond motifs is 1. The number of aromatic nitrogens is 2. The van der Waals surface area contributed by atoms with Gasteiger partial charge in [-0.1, -0.05) is 24.3 Å². The van der Waals surface area contributed by atoms with Crippen molar-refractivity contribution in [3.63, 3.8) is 0 Å². The first kappa shape index (κ1) is 24.5. The zero-order valence-corrected chi connectivity index (χ0v) is 21.4. The summed E-state index contributed by atoms with van der Waals surface area (Å²) < 4.78 is 1.72. The molecule has 0 atom stereocenters. The molecule has 4 rings (SSSR count). The Bertz CT molecular complexity index is 929. The molecule has 2 aliphatic rings. The van der Waals surface area contributed by atoms with Gasteiger partial charge in [-0.25, -0.2) is 0 Å². The van der Waals surface area contributed by atoms with Crippen LogP contribution in [-0.2, 0) is 24.8 Å². The van der Waals surface area contributed by atoms with E-state index in [0.29, 0.717) is 13.1 Å². The predicted molar refractivity (Wildman–Crippen MR) is 139 cm³/mol. The van der Waals surface area contributed by atoms with Crippen molar-refractivity contribution in [3.05, 3.63) is 47.8 Å². The molecule has 1 aromatic carbocycles. The molecule has 0 aliphatic carbocycles. The van der Waals surface area contributed by atoms with E-state index in [1.165, 1.54) is 11.1 Å². The Hall–Kier alpha value is -2.14. The van der Waals surface area contributed by atoms with Gasteiger partial charge in [0.2, 0.25) is 5.91 Å². The summed E-state index contributed by atoms with van der Waals surface area (Å²) in [6.07, 6.45) is 5.77. The van der Waals surface area contributed by atoms with E-state index < -0.39 is 0 Å². The summed E-state index contributed by atoms with van der Waals surface area (Å²) in [5.41, 5.74) is 3.80. The van der Waals surface area contributed by atoms with Crippen LogP contribution in [0.5, 0.6) is 0 Å². The van der Waals surface area contributed by atoms with Gasteiger partial charge in [0, 0.05) is 59.1 Å². The molecule has 0 saturated carbocycles. The number of piperazine rings is 1. The van der Waals surface area contributed by atoms with Crippen molar-refractivity contribution >= 4 is 41.5 Å². The maximum atomic E-state index is 12.7. The van der Waals surface area contributed by atoms with Gasteiger partial charge < -0.3 is 15.1 Å². The first-order valence-corrected chi connectivity index (χ1v) is 11.3. The van der Waals surface area contributed by atoms with Crippen molar-refractivity contribution in [1.82, 2.24) is 24.9 Å². The number of carbonyl (C=O) groups is 1. The van der Waals surface area contributed by atoms with Crippen molar-refractivity contribution in [1.29, 1.82) is 0 Å². The lowest BCUT2D eigenvalue weighted by molar-refractivity contribution is -0.120. The van der Waals surface area contributed by atoms with Gasteiger partial charge in [0.25, 0.3) is 0 Å². The quantitative estimate of drug-likeness (QED) is 0.258. The molecule has 3 heterocycles. The third-order valence-electron chi connectivity index (χ3n) is 5.96. The van der Waals surface area contributed by atoms with Crippen LogP contribution in [0.3, 0.4) is 0 Å². The number of anilines is 1. The number of rotatable bonds is 6. The molecule has 1 N–H and O–H groups in total. The van der Waals surface area contributed by atoms with Crippen LogP contribution in [0.25, 0.3) is 0 Å². The SMILES string of the molecule is CCNC(=NCCCN1CCc2ccccc2C1)N1CCN(c2cnn(C)c2)C(=O)C1.I. The van der Waals surface area contributed by atoms with Gasteiger partial charge in [0.1, 0.15) is 6.54 Å². The summed E-state index contributed by atoms with van der Waals surface area (Å²) in [7, 11) is 1.86. The lowest BCUT2D eigenvalue weighted by atomic mass is 10.00. The smallest absolute Gasteiger partial charge is 0.246 e. The van der Waals surface area contributed by atoms with Crippen LogP contribution in [0.2, 0.25) is 0 Å². The predicted octanol–water partition coefficient (Wildman–Crippen LogP) is 2.10. The van der Waals surface area contributed by atoms with Crippen LogP contribution in [0.1, 0.15) is 24.5 Å². The first-order valence-electron chi connectivity index (χ1n) is 11.3. The van der Waals surface area contributed by atoms with Gasteiger partial charge in [-0.3, -0.25) is 19.4 Å². The molecule has 1 aromatic heterocycles. The van der Waals surface area contributed by atoms with Crippen LogP contribution >= 0.6 is 24.0 Å². The van der Waals surface area contributed by atoms with Gasteiger partial charge in [-0.2, -0.15) is 5.10 Å². The fraction of sp³-hybridized carbons (Fsp3) is 0.522. The second-order valence-corrected chi connectivity index (χ2v) is 8.22. The fourth-order valence-electron chi connectivity index (χ4n) is 4.32. The lowest BCUT2D eigenvalue weighted by Gasteiger charge is -2.35. The molecule has 9 heteroatoms. The third kappa shape index (κ3) is 6.00. The van der Waals surface area contributed by atoms with Crippen molar-refractivity contribution in [2.45, 2.75) is 26.3 Å². The first-order chi connectivity index (χ1) is 15.1. The molecule has 1 fully saturated rings. The van der Waals surface area contributed by atoms with E-state index in [0.717, 1.165) is 63.8 Å². The number of hydrogen-bond acceptors (Lipinski definition) is 4. The van der Waals surface area contributed by atoms with E-state index in [9.17, 15) is 4.79 Å². The second-order valence-electron chi connectivity index (χ2n) is 8.22. The van der Waals surface area contributed by atoms with Crippen LogP contribution < -0.4 is 10.2 Å². The van der Waals surface area contributed by atoms with E-state index in [1.807, 2.05) is 13.2 Å². The Morgan fingerprint density at radius 2 is 1.97 bits per heavy atom. The standard InChI is InChI=1S/C23H33N7O.HI/c1-3-24-23(29-13-14-30(22(31)18-29)21-15-26-27(2)17-21)25-10-6-11-28-12-9-19-7-4-5-8-20(19)16-28;/h4-5,7-8,15,17H,3,6,9-14,16,18H2,1-2H3,(H,24,25);1H. The Balaban J connectivity index is 0.00000289. The number of nitrogens with zero attached hydrogens (tertiary/aromatic N) is 6. The van der Waals surface area contributed by atoms with Crippen LogP contribution in [0.4, 0.5) is 5.69 Å². The van der Waals surface area contributed by atoms with Gasteiger partial charge in [0.05, 0.1) is 11.9 Å². The molecular weight excluding hydrogens is 517 g/mol. The fourth-order valence-corrected chi connectivity index (χ4v) is 4.32. The molecular formula is C23H34IN7O. The summed E-state index contributed by atoms with van der Waals surface area (Å²) in [5.74, 6) is 0.919. The third-order valence-corrected chi connectivity index (χ3v) is 5.96. The molecule has 174 valence electrons. The van der Waals surface area contributed by atoms with Crippen molar-refractivity contribution in [2.24, 2.45) is 12.0 Å². The van der Waals surface area contributed by atoms with Crippen molar-refractivity contribution in [2.75, 3.05) is 50.7 Å². The highest BCUT2D eigenvalue weighted by atomic mass is 127.